The molecule has 1 aliphatic heterocycles. The van der Waals surface area contributed by atoms with E-state index in [0.717, 1.165) is 37.5 Å². The van der Waals surface area contributed by atoms with Crippen LogP contribution in [-0.4, -0.2) is 34.5 Å². The van der Waals surface area contributed by atoms with E-state index in [1.807, 2.05) is 0 Å². The van der Waals surface area contributed by atoms with Crippen molar-refractivity contribution in [2.45, 2.75) is 57.8 Å². The van der Waals surface area contributed by atoms with E-state index < -0.39 is 0 Å². The third-order valence-corrected chi connectivity index (χ3v) is 6.17. The molecule has 2 aliphatic carbocycles. The Labute approximate surface area is 142 Å². The molecule has 4 nitrogen and oxygen atoms in total. The number of aliphatic imine (C=N–C) groups is 1. The van der Waals surface area contributed by atoms with Gasteiger partial charge in [0.1, 0.15) is 0 Å². The maximum Gasteiger partial charge on any atom is 0.241 e. The summed E-state index contributed by atoms with van der Waals surface area (Å²) in [7, 11) is 0. The molecule has 4 rings (SSSR count). The number of nitrogens with zero attached hydrogens (tertiary/aromatic N) is 2. The Bertz CT molecular complexity index is 614. The molecule has 0 spiro atoms. The van der Waals surface area contributed by atoms with Crippen LogP contribution in [-0.2, 0) is 25.7 Å². The number of hydrogen-bond donors (Lipinski definition) is 1. The minimum absolute atomic E-state index is 0.256. The van der Waals surface area contributed by atoms with Gasteiger partial charge in [0.05, 0.1) is 5.75 Å². The number of nitrogens with one attached hydrogen (secondary N) is 1. The topological polar surface area (TPSA) is 46.4 Å². The van der Waals surface area contributed by atoms with Crippen molar-refractivity contribution in [1.29, 1.82) is 0 Å². The second kappa shape index (κ2) is 6.71. The van der Waals surface area contributed by atoms with Crippen molar-refractivity contribution in [1.82, 2.24) is 9.88 Å². The van der Waals surface area contributed by atoms with E-state index in [4.69, 9.17) is 0 Å². The minimum Gasteiger partial charge on any atom is -0.365 e. The molecule has 2 heterocycles. The average molecular weight is 331 g/mol. The summed E-state index contributed by atoms with van der Waals surface area (Å²) >= 11 is 1.57. The fourth-order valence-corrected chi connectivity index (χ4v) is 4.96. The highest BCUT2D eigenvalue weighted by Crippen LogP contribution is 2.34. The zero-order chi connectivity index (χ0) is 15.6. The average Bonchev–Trinajstić information content (AvgIpc) is 2.95. The highest BCUT2D eigenvalue weighted by molar-refractivity contribution is 8.14. The lowest BCUT2D eigenvalue weighted by atomic mass is 9.89. The van der Waals surface area contributed by atoms with Crippen LogP contribution in [0, 0.1) is 0 Å². The van der Waals surface area contributed by atoms with Crippen LogP contribution in [0.25, 0.3) is 0 Å². The van der Waals surface area contributed by atoms with Gasteiger partial charge in [0, 0.05) is 24.5 Å². The minimum atomic E-state index is 0.256. The summed E-state index contributed by atoms with van der Waals surface area (Å²) in [4.78, 5) is 17.4. The normalized spacial score (nSPS) is 20.3. The standard InChI is InChI=1S/C18H25N3OS/c22-17(12-23-18-19-10-5-11-20-18)21-15-8-3-1-6-13(15)14-7-2-4-9-16(14)21/h1-12H2,(H,19,20). The molecule has 0 atom stereocenters. The maximum absolute atomic E-state index is 13.0. The Hall–Kier alpha value is -1.23. The predicted molar refractivity (Wildman–Crippen MR) is 95.7 cm³/mol. The molecule has 0 unspecified atom stereocenters. The Morgan fingerprint density at radius 3 is 2.26 bits per heavy atom. The molecule has 0 fully saturated rings. The third-order valence-electron chi connectivity index (χ3n) is 5.23. The first-order valence-corrected chi connectivity index (χ1v) is 10.0. The van der Waals surface area contributed by atoms with Gasteiger partial charge in [-0.05, 0) is 68.9 Å². The van der Waals surface area contributed by atoms with Crippen LogP contribution in [0.1, 0.15) is 59.4 Å². The van der Waals surface area contributed by atoms with Crippen molar-refractivity contribution in [2.24, 2.45) is 4.99 Å². The fourth-order valence-electron chi connectivity index (χ4n) is 4.19. The van der Waals surface area contributed by atoms with Gasteiger partial charge < -0.3 is 5.32 Å². The summed E-state index contributed by atoms with van der Waals surface area (Å²) in [6.45, 7) is 1.87. The predicted octanol–water partition coefficient (Wildman–Crippen LogP) is 2.97. The van der Waals surface area contributed by atoms with E-state index in [9.17, 15) is 4.79 Å². The summed E-state index contributed by atoms with van der Waals surface area (Å²) in [5.41, 5.74) is 5.73. The number of aromatic nitrogens is 1. The first kappa shape index (κ1) is 15.3. The largest absolute Gasteiger partial charge is 0.365 e. The zero-order valence-electron chi connectivity index (χ0n) is 13.7. The van der Waals surface area contributed by atoms with Gasteiger partial charge in [-0.1, -0.05) is 11.8 Å². The first-order chi connectivity index (χ1) is 11.3. The van der Waals surface area contributed by atoms with Crippen LogP contribution < -0.4 is 5.32 Å². The smallest absolute Gasteiger partial charge is 0.241 e. The van der Waals surface area contributed by atoms with Gasteiger partial charge in [0.15, 0.2) is 5.17 Å². The molecule has 124 valence electrons. The van der Waals surface area contributed by atoms with Gasteiger partial charge in [0.25, 0.3) is 0 Å². The van der Waals surface area contributed by atoms with Crippen molar-refractivity contribution in [2.75, 3.05) is 18.8 Å². The van der Waals surface area contributed by atoms with Crippen molar-refractivity contribution in [3.63, 3.8) is 0 Å². The van der Waals surface area contributed by atoms with E-state index in [0.29, 0.717) is 5.75 Å². The van der Waals surface area contributed by atoms with Crippen LogP contribution in [0.2, 0.25) is 0 Å². The van der Waals surface area contributed by atoms with Gasteiger partial charge in [-0.2, -0.15) is 0 Å². The maximum atomic E-state index is 13.0. The van der Waals surface area contributed by atoms with Crippen LogP contribution in [0.15, 0.2) is 4.99 Å². The number of carbonyl (C=O) groups is 1. The summed E-state index contributed by atoms with van der Waals surface area (Å²) in [6.07, 6.45) is 10.6. The lowest BCUT2D eigenvalue weighted by Crippen LogP contribution is -2.29. The molecule has 0 amide bonds. The van der Waals surface area contributed by atoms with Gasteiger partial charge in [-0.3, -0.25) is 14.4 Å². The molecule has 23 heavy (non-hydrogen) atoms. The molecule has 0 radical (unpaired) electrons. The van der Waals surface area contributed by atoms with Crippen molar-refractivity contribution >= 4 is 22.8 Å². The summed E-state index contributed by atoms with van der Waals surface area (Å²) in [5.74, 6) is 0.755. The van der Waals surface area contributed by atoms with E-state index in [2.05, 4.69) is 14.9 Å². The molecular formula is C18H25N3OS. The SMILES string of the molecule is O=C(CSC1=NCCCN1)n1c2c(c3c1CCCC3)CCCC2. The van der Waals surface area contributed by atoms with E-state index in [-0.39, 0.29) is 5.91 Å². The molecule has 0 aromatic carbocycles. The van der Waals surface area contributed by atoms with Crippen LogP contribution >= 0.6 is 11.8 Å². The van der Waals surface area contributed by atoms with Crippen LogP contribution in [0.4, 0.5) is 0 Å². The molecular weight excluding hydrogens is 306 g/mol. The fraction of sp³-hybridized carbons (Fsp3) is 0.667. The lowest BCUT2D eigenvalue weighted by Gasteiger charge is -2.17. The van der Waals surface area contributed by atoms with Crippen molar-refractivity contribution in [3.05, 3.63) is 22.5 Å². The molecule has 3 aliphatic rings. The molecule has 5 heteroatoms. The van der Waals surface area contributed by atoms with E-state index in [1.165, 1.54) is 61.0 Å². The molecule has 0 saturated carbocycles. The second-order valence-electron chi connectivity index (χ2n) is 6.75. The quantitative estimate of drug-likeness (QED) is 0.906. The Morgan fingerprint density at radius 2 is 1.65 bits per heavy atom. The number of hydrogen-bond acceptors (Lipinski definition) is 4. The lowest BCUT2D eigenvalue weighted by molar-refractivity contribution is 0.0935. The summed E-state index contributed by atoms with van der Waals surface area (Å²) in [6, 6.07) is 0. The molecule has 1 aromatic heterocycles. The summed E-state index contributed by atoms with van der Waals surface area (Å²) < 4.78 is 2.11. The van der Waals surface area contributed by atoms with E-state index >= 15 is 0 Å². The van der Waals surface area contributed by atoms with Gasteiger partial charge in [0.2, 0.25) is 5.91 Å². The monoisotopic (exact) mass is 331 g/mol. The van der Waals surface area contributed by atoms with E-state index in [1.54, 1.807) is 11.8 Å². The zero-order valence-corrected chi connectivity index (χ0v) is 14.5. The van der Waals surface area contributed by atoms with Crippen LogP contribution in [0.5, 0.6) is 0 Å². The van der Waals surface area contributed by atoms with Crippen molar-refractivity contribution < 1.29 is 4.79 Å². The summed E-state index contributed by atoms with van der Waals surface area (Å²) in [5, 5.41) is 4.24. The number of rotatable bonds is 2. The Kier molecular flexibility index (Phi) is 4.47. The number of carbonyl (C=O) groups excluding carboxylic acids is 1. The number of fused-ring (bicyclic) bond motifs is 3. The molecule has 0 bridgehead atoms. The number of thioether (sulfide) groups is 1. The Morgan fingerprint density at radius 1 is 1.00 bits per heavy atom. The Balaban J connectivity index is 1.58. The highest BCUT2D eigenvalue weighted by Gasteiger charge is 2.28. The molecule has 1 N–H and O–H groups in total. The molecule has 0 saturated heterocycles. The molecule has 1 aromatic rings. The van der Waals surface area contributed by atoms with Crippen molar-refractivity contribution in [3.8, 4) is 0 Å². The third kappa shape index (κ3) is 2.95. The van der Waals surface area contributed by atoms with Crippen LogP contribution in [0.3, 0.4) is 0 Å². The number of amidine groups is 1. The van der Waals surface area contributed by atoms with Gasteiger partial charge >= 0.3 is 0 Å². The first-order valence-electron chi connectivity index (χ1n) is 9.03. The highest BCUT2D eigenvalue weighted by atomic mass is 32.2. The van der Waals surface area contributed by atoms with Gasteiger partial charge in [-0.25, -0.2) is 0 Å². The second-order valence-corrected chi connectivity index (χ2v) is 7.71. The van der Waals surface area contributed by atoms with Gasteiger partial charge in [-0.15, -0.1) is 0 Å².